The van der Waals surface area contributed by atoms with Gasteiger partial charge in [0.2, 0.25) is 0 Å². The molecule has 1 rings (SSSR count). The van der Waals surface area contributed by atoms with E-state index < -0.39 is 18.1 Å². The standard InChI is InChI=1S/C14H26F2N2O2/c1-10(17-13(19)20-14(2,3)4)11-7-5-6-8-18(11)9-12(15)16/h10-12H,5-9H2,1-4H3,(H,17,19). The van der Waals surface area contributed by atoms with E-state index in [1.165, 1.54) is 0 Å². The Bertz CT molecular complexity index is 319. The number of halogens is 2. The minimum atomic E-state index is -2.34. The minimum absolute atomic E-state index is 0.0507. The van der Waals surface area contributed by atoms with Crippen LogP contribution in [-0.2, 0) is 4.74 Å². The molecule has 6 heteroatoms. The zero-order chi connectivity index (χ0) is 15.3. The molecule has 2 atom stereocenters. The highest BCUT2D eigenvalue weighted by atomic mass is 19.3. The number of ether oxygens (including phenoxy) is 1. The first-order valence-electron chi connectivity index (χ1n) is 7.21. The van der Waals surface area contributed by atoms with Crippen molar-refractivity contribution < 1.29 is 18.3 Å². The number of amides is 1. The van der Waals surface area contributed by atoms with Gasteiger partial charge in [-0.05, 0) is 47.1 Å². The number of carbonyl (C=O) groups is 1. The zero-order valence-corrected chi connectivity index (χ0v) is 12.8. The molecule has 0 saturated carbocycles. The van der Waals surface area contributed by atoms with Gasteiger partial charge in [-0.25, -0.2) is 13.6 Å². The maximum Gasteiger partial charge on any atom is 0.407 e. The molecule has 1 amide bonds. The van der Waals surface area contributed by atoms with Gasteiger partial charge in [0.05, 0.1) is 6.54 Å². The van der Waals surface area contributed by atoms with Crippen LogP contribution in [0.3, 0.4) is 0 Å². The highest BCUT2D eigenvalue weighted by molar-refractivity contribution is 5.68. The molecule has 118 valence electrons. The van der Waals surface area contributed by atoms with Gasteiger partial charge in [0.25, 0.3) is 6.43 Å². The van der Waals surface area contributed by atoms with Crippen LogP contribution in [0.1, 0.15) is 47.0 Å². The summed E-state index contributed by atoms with van der Waals surface area (Å²) in [6.45, 7) is 7.65. The molecule has 0 radical (unpaired) electrons. The fourth-order valence-corrected chi connectivity index (χ4v) is 2.58. The lowest BCUT2D eigenvalue weighted by molar-refractivity contribution is 0.0283. The topological polar surface area (TPSA) is 41.6 Å². The van der Waals surface area contributed by atoms with E-state index in [0.717, 1.165) is 19.3 Å². The molecular weight excluding hydrogens is 266 g/mol. The Balaban J connectivity index is 2.54. The lowest BCUT2D eigenvalue weighted by atomic mass is 9.96. The van der Waals surface area contributed by atoms with E-state index in [9.17, 15) is 13.6 Å². The lowest BCUT2D eigenvalue weighted by Crippen LogP contribution is -2.54. The Morgan fingerprint density at radius 3 is 2.60 bits per heavy atom. The van der Waals surface area contributed by atoms with Gasteiger partial charge in [-0.2, -0.15) is 0 Å². The Morgan fingerprint density at radius 1 is 1.40 bits per heavy atom. The number of nitrogens with zero attached hydrogens (tertiary/aromatic N) is 1. The average molecular weight is 292 g/mol. The van der Waals surface area contributed by atoms with Crippen LogP contribution in [0.25, 0.3) is 0 Å². The number of piperidine rings is 1. The third kappa shape index (κ3) is 6.03. The largest absolute Gasteiger partial charge is 0.444 e. The normalized spacial score (nSPS) is 22.6. The predicted molar refractivity (Wildman–Crippen MR) is 74.0 cm³/mol. The van der Waals surface area contributed by atoms with Crippen molar-refractivity contribution in [1.82, 2.24) is 10.2 Å². The Morgan fingerprint density at radius 2 is 2.05 bits per heavy atom. The average Bonchev–Trinajstić information content (AvgIpc) is 2.25. The van der Waals surface area contributed by atoms with Gasteiger partial charge < -0.3 is 10.1 Å². The summed E-state index contributed by atoms with van der Waals surface area (Å²) in [6.07, 6.45) is -0.0755. The summed E-state index contributed by atoms with van der Waals surface area (Å²) in [5.41, 5.74) is -0.557. The summed E-state index contributed by atoms with van der Waals surface area (Å²) in [5, 5.41) is 2.76. The predicted octanol–water partition coefficient (Wildman–Crippen LogP) is 3.02. The highest BCUT2D eigenvalue weighted by Gasteiger charge is 2.30. The summed E-state index contributed by atoms with van der Waals surface area (Å²) < 4.78 is 30.4. The third-order valence-corrected chi connectivity index (χ3v) is 3.36. The molecule has 1 saturated heterocycles. The van der Waals surface area contributed by atoms with E-state index >= 15 is 0 Å². The van der Waals surface area contributed by atoms with Gasteiger partial charge in [-0.1, -0.05) is 6.42 Å². The van der Waals surface area contributed by atoms with Gasteiger partial charge in [0.15, 0.2) is 0 Å². The molecule has 1 aliphatic heterocycles. The molecule has 0 aromatic rings. The van der Waals surface area contributed by atoms with Crippen LogP contribution in [0.4, 0.5) is 13.6 Å². The van der Waals surface area contributed by atoms with E-state index in [1.807, 2.05) is 6.92 Å². The number of nitrogens with one attached hydrogen (secondary N) is 1. The van der Waals surface area contributed by atoms with Crippen LogP contribution in [0.15, 0.2) is 0 Å². The maximum absolute atomic E-state index is 12.6. The van der Waals surface area contributed by atoms with Gasteiger partial charge in [0.1, 0.15) is 5.60 Å². The molecule has 1 fully saturated rings. The van der Waals surface area contributed by atoms with Crippen LogP contribution in [0.5, 0.6) is 0 Å². The molecule has 0 aromatic heterocycles. The Labute approximate surface area is 119 Å². The second-order valence-electron chi connectivity index (χ2n) is 6.38. The van der Waals surface area contributed by atoms with Gasteiger partial charge in [-0.15, -0.1) is 0 Å². The second kappa shape index (κ2) is 7.20. The Hall–Kier alpha value is -0.910. The quantitative estimate of drug-likeness (QED) is 0.866. The van der Waals surface area contributed by atoms with Crippen molar-refractivity contribution in [3.05, 3.63) is 0 Å². The minimum Gasteiger partial charge on any atom is -0.444 e. The molecule has 0 aromatic carbocycles. The van der Waals surface area contributed by atoms with E-state index in [2.05, 4.69) is 5.32 Å². The van der Waals surface area contributed by atoms with Crippen LogP contribution >= 0.6 is 0 Å². The number of alkyl carbamates (subject to hydrolysis) is 1. The van der Waals surface area contributed by atoms with Crippen molar-refractivity contribution in [3.63, 3.8) is 0 Å². The van der Waals surface area contributed by atoms with Crippen LogP contribution < -0.4 is 5.32 Å². The molecule has 1 heterocycles. The first-order chi connectivity index (χ1) is 9.19. The third-order valence-electron chi connectivity index (χ3n) is 3.36. The molecule has 0 aliphatic carbocycles. The molecule has 1 N–H and O–H groups in total. The molecule has 0 spiro atoms. The van der Waals surface area contributed by atoms with Gasteiger partial charge >= 0.3 is 6.09 Å². The van der Waals surface area contributed by atoms with Crippen LogP contribution in [-0.4, -0.2) is 48.2 Å². The number of alkyl halides is 2. The van der Waals surface area contributed by atoms with Crippen molar-refractivity contribution in [1.29, 1.82) is 0 Å². The number of likely N-dealkylation sites (tertiary alicyclic amines) is 1. The van der Waals surface area contributed by atoms with Gasteiger partial charge in [0, 0.05) is 12.1 Å². The molecule has 20 heavy (non-hydrogen) atoms. The van der Waals surface area contributed by atoms with Crippen LogP contribution in [0.2, 0.25) is 0 Å². The lowest BCUT2D eigenvalue weighted by Gasteiger charge is -2.39. The smallest absolute Gasteiger partial charge is 0.407 e. The SMILES string of the molecule is CC(NC(=O)OC(C)(C)C)C1CCCCN1CC(F)F. The van der Waals surface area contributed by atoms with Crippen molar-refractivity contribution in [3.8, 4) is 0 Å². The fourth-order valence-electron chi connectivity index (χ4n) is 2.58. The zero-order valence-electron chi connectivity index (χ0n) is 12.8. The summed E-state index contributed by atoms with van der Waals surface area (Å²) in [7, 11) is 0. The first-order valence-corrected chi connectivity index (χ1v) is 7.21. The highest BCUT2D eigenvalue weighted by Crippen LogP contribution is 2.21. The number of carbonyl (C=O) groups excluding carboxylic acids is 1. The maximum atomic E-state index is 12.6. The van der Waals surface area contributed by atoms with Crippen molar-refractivity contribution in [2.75, 3.05) is 13.1 Å². The number of rotatable bonds is 4. The van der Waals surface area contributed by atoms with E-state index in [-0.39, 0.29) is 18.6 Å². The second-order valence-corrected chi connectivity index (χ2v) is 6.38. The van der Waals surface area contributed by atoms with Crippen molar-refractivity contribution in [2.24, 2.45) is 0 Å². The summed E-state index contributed by atoms with van der Waals surface area (Å²) in [5.74, 6) is 0. The first kappa shape index (κ1) is 17.1. The summed E-state index contributed by atoms with van der Waals surface area (Å²) >= 11 is 0. The van der Waals surface area contributed by atoms with Crippen LogP contribution in [0, 0.1) is 0 Å². The molecule has 4 nitrogen and oxygen atoms in total. The monoisotopic (exact) mass is 292 g/mol. The number of hydrogen-bond donors (Lipinski definition) is 1. The fraction of sp³-hybridized carbons (Fsp3) is 0.929. The number of hydrogen-bond acceptors (Lipinski definition) is 3. The van der Waals surface area contributed by atoms with Crippen molar-refractivity contribution >= 4 is 6.09 Å². The summed E-state index contributed by atoms with van der Waals surface area (Å²) in [4.78, 5) is 13.5. The van der Waals surface area contributed by atoms with Crippen molar-refractivity contribution in [2.45, 2.75) is 71.1 Å². The Kier molecular flexibility index (Phi) is 6.17. The molecule has 2 unspecified atom stereocenters. The van der Waals surface area contributed by atoms with E-state index in [4.69, 9.17) is 4.74 Å². The summed E-state index contributed by atoms with van der Waals surface area (Å²) in [6, 6.07) is -0.255. The molecular formula is C14H26F2N2O2. The van der Waals surface area contributed by atoms with Gasteiger partial charge in [-0.3, -0.25) is 4.90 Å². The van der Waals surface area contributed by atoms with E-state index in [0.29, 0.717) is 6.54 Å². The van der Waals surface area contributed by atoms with E-state index in [1.54, 1.807) is 25.7 Å². The molecule has 0 bridgehead atoms. The molecule has 1 aliphatic rings.